The molecule has 2 rings (SSSR count). The highest BCUT2D eigenvalue weighted by atomic mass is 16.7. The summed E-state index contributed by atoms with van der Waals surface area (Å²) >= 11 is 0. The second kappa shape index (κ2) is 8.72. The van der Waals surface area contributed by atoms with E-state index >= 15 is 0 Å². The number of ether oxygens (including phenoxy) is 4. The van der Waals surface area contributed by atoms with Crippen molar-refractivity contribution in [3.05, 3.63) is 32.4 Å². The van der Waals surface area contributed by atoms with Gasteiger partial charge in [-0.15, -0.1) is 0 Å². The van der Waals surface area contributed by atoms with Crippen molar-refractivity contribution in [3.8, 4) is 11.5 Å². The number of fused-ring (bicyclic) bond motifs is 1. The van der Waals surface area contributed by atoms with Crippen LogP contribution >= 0.6 is 0 Å². The molecule has 0 spiro atoms. The number of esters is 1. The zero-order valence-corrected chi connectivity index (χ0v) is 19.4. The molecule has 31 heavy (non-hydrogen) atoms. The van der Waals surface area contributed by atoms with Crippen molar-refractivity contribution in [2.75, 3.05) is 6.54 Å². The first-order valence-corrected chi connectivity index (χ1v) is 10.2. The van der Waals surface area contributed by atoms with Crippen LogP contribution in [-0.4, -0.2) is 40.9 Å². The molecule has 2 unspecified atom stereocenters. The number of hydrogen-bond donors (Lipinski definition) is 0. The van der Waals surface area contributed by atoms with Gasteiger partial charge < -0.3 is 18.9 Å². The van der Waals surface area contributed by atoms with E-state index in [4.69, 9.17) is 18.9 Å². The van der Waals surface area contributed by atoms with Crippen LogP contribution in [0.2, 0.25) is 0 Å². The Hall–Kier alpha value is -2.84. The van der Waals surface area contributed by atoms with E-state index in [0.29, 0.717) is 29.9 Å². The average Bonchev–Trinajstić information content (AvgIpc) is 2.60. The fourth-order valence-corrected chi connectivity index (χ4v) is 3.68. The van der Waals surface area contributed by atoms with Gasteiger partial charge in [-0.2, -0.15) is 0 Å². The summed E-state index contributed by atoms with van der Waals surface area (Å²) in [6, 6.07) is 0. The van der Waals surface area contributed by atoms with E-state index in [0.717, 1.165) is 16.7 Å². The number of nitro groups is 1. The third-order valence-corrected chi connectivity index (χ3v) is 5.40. The van der Waals surface area contributed by atoms with E-state index in [1.165, 1.54) is 6.92 Å². The zero-order chi connectivity index (χ0) is 23.7. The SMILES string of the molecule is CC(=O)OC(C[N+](=O)[O-])C1(C)CCc2c(C)c(OC(=O)OC(C)(C)C)c(C)c(C)c2O1. The summed E-state index contributed by atoms with van der Waals surface area (Å²) in [6.45, 7) is 13.1. The molecule has 2 atom stereocenters. The molecule has 1 aromatic rings. The fraction of sp³-hybridized carbons (Fsp3) is 0.636. The number of carbonyl (C=O) groups excluding carboxylic acids is 2. The molecule has 9 heteroatoms. The average molecular weight is 437 g/mol. The van der Waals surface area contributed by atoms with Gasteiger partial charge in [0.15, 0.2) is 0 Å². The van der Waals surface area contributed by atoms with E-state index in [-0.39, 0.29) is 0 Å². The van der Waals surface area contributed by atoms with Gasteiger partial charge in [-0.05, 0) is 78.0 Å². The minimum absolute atomic E-state index is 0.390. The van der Waals surface area contributed by atoms with Crippen molar-refractivity contribution in [3.63, 3.8) is 0 Å². The summed E-state index contributed by atoms with van der Waals surface area (Å²) in [5.74, 6) is 0.382. The molecule has 0 aliphatic carbocycles. The molecule has 172 valence electrons. The van der Waals surface area contributed by atoms with Gasteiger partial charge in [-0.3, -0.25) is 14.9 Å². The van der Waals surface area contributed by atoms with Crippen molar-refractivity contribution in [1.29, 1.82) is 0 Å². The maximum Gasteiger partial charge on any atom is 0.514 e. The molecule has 1 aliphatic heterocycles. The summed E-state index contributed by atoms with van der Waals surface area (Å²) in [7, 11) is 0. The van der Waals surface area contributed by atoms with Gasteiger partial charge in [-0.1, -0.05) is 0 Å². The van der Waals surface area contributed by atoms with E-state index in [1.807, 2.05) is 13.8 Å². The molecule has 9 nitrogen and oxygen atoms in total. The second-order valence-electron chi connectivity index (χ2n) is 9.11. The lowest BCUT2D eigenvalue weighted by Gasteiger charge is -2.40. The molecular formula is C22H31NO8. The molecule has 0 aromatic heterocycles. The van der Waals surface area contributed by atoms with Crippen LogP contribution in [-0.2, 0) is 20.7 Å². The Balaban J connectivity index is 2.42. The smallest absolute Gasteiger partial charge is 0.483 e. The van der Waals surface area contributed by atoms with Crippen LogP contribution < -0.4 is 9.47 Å². The summed E-state index contributed by atoms with van der Waals surface area (Å²) in [6.07, 6.45) is -0.925. The highest BCUT2D eigenvalue weighted by Gasteiger charge is 2.46. The van der Waals surface area contributed by atoms with Crippen molar-refractivity contribution in [2.24, 2.45) is 0 Å². The highest BCUT2D eigenvalue weighted by Crippen LogP contribution is 2.45. The molecular weight excluding hydrogens is 406 g/mol. The summed E-state index contributed by atoms with van der Waals surface area (Å²) in [5, 5.41) is 11.1. The molecule has 0 amide bonds. The van der Waals surface area contributed by atoms with Gasteiger partial charge in [0.1, 0.15) is 22.7 Å². The maximum absolute atomic E-state index is 12.2. The lowest BCUT2D eigenvalue weighted by Crippen LogP contribution is -2.52. The van der Waals surface area contributed by atoms with Crippen LogP contribution in [0.15, 0.2) is 0 Å². The third kappa shape index (κ3) is 5.65. The van der Waals surface area contributed by atoms with Crippen molar-refractivity contribution in [2.45, 2.75) is 85.5 Å². The molecule has 0 radical (unpaired) electrons. The van der Waals surface area contributed by atoms with Crippen molar-refractivity contribution < 1.29 is 33.5 Å². The molecule has 0 fully saturated rings. The molecule has 1 heterocycles. The summed E-state index contributed by atoms with van der Waals surface area (Å²) in [4.78, 5) is 34.4. The third-order valence-electron chi connectivity index (χ3n) is 5.40. The Labute approximate surface area is 182 Å². The van der Waals surface area contributed by atoms with E-state index in [1.54, 1.807) is 34.6 Å². The molecule has 0 saturated carbocycles. The lowest BCUT2D eigenvalue weighted by atomic mass is 9.84. The summed E-state index contributed by atoms with van der Waals surface area (Å²) in [5.41, 5.74) is 1.28. The van der Waals surface area contributed by atoms with E-state index in [2.05, 4.69) is 0 Å². The Morgan fingerprint density at radius 2 is 1.81 bits per heavy atom. The Morgan fingerprint density at radius 1 is 1.19 bits per heavy atom. The molecule has 0 saturated heterocycles. The Bertz CT molecular complexity index is 886. The van der Waals surface area contributed by atoms with Crippen LogP contribution in [0, 0.1) is 30.9 Å². The monoisotopic (exact) mass is 437 g/mol. The van der Waals surface area contributed by atoms with Gasteiger partial charge in [0.05, 0.1) is 0 Å². The molecule has 1 aromatic carbocycles. The largest absolute Gasteiger partial charge is 0.514 e. The van der Waals surface area contributed by atoms with Crippen molar-refractivity contribution in [1.82, 2.24) is 0 Å². The van der Waals surface area contributed by atoms with Crippen LogP contribution in [0.25, 0.3) is 0 Å². The van der Waals surface area contributed by atoms with Crippen LogP contribution in [0.5, 0.6) is 11.5 Å². The Kier molecular flexibility index (Phi) is 6.87. The highest BCUT2D eigenvalue weighted by molar-refractivity contribution is 5.69. The first-order chi connectivity index (χ1) is 14.1. The molecule has 1 aliphatic rings. The van der Waals surface area contributed by atoms with E-state index < -0.39 is 40.9 Å². The first-order valence-electron chi connectivity index (χ1n) is 10.2. The summed E-state index contributed by atoms with van der Waals surface area (Å²) < 4.78 is 22.3. The second-order valence-corrected chi connectivity index (χ2v) is 9.11. The van der Waals surface area contributed by atoms with Crippen LogP contribution in [0.4, 0.5) is 4.79 Å². The van der Waals surface area contributed by atoms with E-state index in [9.17, 15) is 19.7 Å². The van der Waals surface area contributed by atoms with Crippen molar-refractivity contribution >= 4 is 12.1 Å². The van der Waals surface area contributed by atoms with Gasteiger partial charge in [0, 0.05) is 17.4 Å². The Morgan fingerprint density at radius 3 is 2.32 bits per heavy atom. The minimum atomic E-state index is -1.07. The van der Waals surface area contributed by atoms with Crippen LogP contribution in [0.1, 0.15) is 63.3 Å². The quantitative estimate of drug-likeness (QED) is 0.291. The standard InChI is InChI=1S/C22H31NO8/c1-12-13(2)19-16(14(3)18(12)29-20(25)31-21(5,6)7)9-10-22(8,30-19)17(11-23(26)27)28-15(4)24/h17H,9-11H2,1-8H3. The van der Waals surface area contributed by atoms with Crippen LogP contribution in [0.3, 0.4) is 0 Å². The van der Waals surface area contributed by atoms with Gasteiger partial charge >= 0.3 is 12.1 Å². The number of rotatable bonds is 5. The van der Waals surface area contributed by atoms with Gasteiger partial charge in [0.25, 0.3) is 0 Å². The van der Waals surface area contributed by atoms with Gasteiger partial charge in [0.2, 0.25) is 12.6 Å². The zero-order valence-electron chi connectivity index (χ0n) is 19.4. The predicted octanol–water partition coefficient (Wildman–Crippen LogP) is 4.22. The molecule has 0 bridgehead atoms. The lowest BCUT2D eigenvalue weighted by molar-refractivity contribution is -0.494. The number of benzene rings is 1. The predicted molar refractivity (Wildman–Crippen MR) is 112 cm³/mol. The first kappa shape index (κ1) is 24.4. The topological polar surface area (TPSA) is 114 Å². The van der Waals surface area contributed by atoms with Gasteiger partial charge in [-0.25, -0.2) is 4.79 Å². The molecule has 0 N–H and O–H groups in total. The normalized spacial score (nSPS) is 19.0. The fourth-order valence-electron chi connectivity index (χ4n) is 3.68. The number of nitrogens with zero attached hydrogens (tertiary/aromatic N) is 1. The minimum Gasteiger partial charge on any atom is -0.483 e. The maximum atomic E-state index is 12.2. The number of carbonyl (C=O) groups is 2. The number of hydrogen-bond acceptors (Lipinski definition) is 8.